The quantitative estimate of drug-likeness (QED) is 0.884. The van der Waals surface area contributed by atoms with Crippen LogP contribution in [0.3, 0.4) is 0 Å². The Morgan fingerprint density at radius 1 is 0.962 bits per heavy atom. The number of carbonyl (C=O) groups excluding carboxylic acids is 2. The van der Waals surface area contributed by atoms with Crippen LogP contribution in [0.25, 0.3) is 0 Å². The molecule has 138 valence electrons. The van der Waals surface area contributed by atoms with Crippen molar-refractivity contribution in [2.75, 3.05) is 14.1 Å². The SMILES string of the molecule is CN(C)C(=O)c1ccc(CNC(=O)c2ccc(OC(F)(F)F)cc2)cc1. The van der Waals surface area contributed by atoms with E-state index in [2.05, 4.69) is 10.1 Å². The zero-order chi connectivity index (χ0) is 19.3. The Morgan fingerprint density at radius 3 is 2.00 bits per heavy atom. The fourth-order valence-corrected chi connectivity index (χ4v) is 2.12. The van der Waals surface area contributed by atoms with Crippen LogP contribution in [0, 0.1) is 0 Å². The normalized spacial score (nSPS) is 11.0. The molecular weight excluding hydrogens is 349 g/mol. The summed E-state index contributed by atoms with van der Waals surface area (Å²) in [6.07, 6.45) is -4.77. The van der Waals surface area contributed by atoms with Gasteiger partial charge in [0, 0.05) is 31.8 Å². The number of carbonyl (C=O) groups is 2. The summed E-state index contributed by atoms with van der Waals surface area (Å²) in [5.41, 5.74) is 1.52. The molecule has 26 heavy (non-hydrogen) atoms. The van der Waals surface area contributed by atoms with Gasteiger partial charge in [0.1, 0.15) is 5.75 Å². The molecule has 0 aliphatic heterocycles. The number of ether oxygens (including phenoxy) is 1. The lowest BCUT2D eigenvalue weighted by Gasteiger charge is -2.11. The summed E-state index contributed by atoms with van der Waals surface area (Å²) >= 11 is 0. The number of rotatable bonds is 5. The van der Waals surface area contributed by atoms with Crippen LogP contribution in [0.1, 0.15) is 26.3 Å². The molecule has 0 saturated heterocycles. The molecule has 0 saturated carbocycles. The molecule has 2 amide bonds. The maximum absolute atomic E-state index is 12.1. The maximum Gasteiger partial charge on any atom is 0.573 e. The molecule has 0 atom stereocenters. The highest BCUT2D eigenvalue weighted by atomic mass is 19.4. The molecule has 2 aromatic rings. The van der Waals surface area contributed by atoms with Gasteiger partial charge in [-0.05, 0) is 42.0 Å². The summed E-state index contributed by atoms with van der Waals surface area (Å²) in [6.45, 7) is 0.218. The summed E-state index contributed by atoms with van der Waals surface area (Å²) in [5, 5.41) is 2.66. The molecule has 0 fully saturated rings. The zero-order valence-corrected chi connectivity index (χ0v) is 14.1. The topological polar surface area (TPSA) is 58.6 Å². The van der Waals surface area contributed by atoms with Crippen LogP contribution in [-0.4, -0.2) is 37.2 Å². The molecule has 2 aromatic carbocycles. The van der Waals surface area contributed by atoms with Crippen LogP contribution in [0.2, 0.25) is 0 Å². The smallest absolute Gasteiger partial charge is 0.406 e. The van der Waals surface area contributed by atoms with Gasteiger partial charge in [0.05, 0.1) is 0 Å². The lowest BCUT2D eigenvalue weighted by molar-refractivity contribution is -0.274. The maximum atomic E-state index is 12.1. The molecule has 2 rings (SSSR count). The largest absolute Gasteiger partial charge is 0.573 e. The summed E-state index contributed by atoms with van der Waals surface area (Å²) in [5.74, 6) is -0.950. The fourth-order valence-electron chi connectivity index (χ4n) is 2.12. The van der Waals surface area contributed by atoms with Crippen molar-refractivity contribution >= 4 is 11.8 Å². The molecule has 0 aliphatic carbocycles. The zero-order valence-electron chi connectivity index (χ0n) is 14.1. The van der Waals surface area contributed by atoms with E-state index in [0.717, 1.165) is 17.7 Å². The van der Waals surface area contributed by atoms with Gasteiger partial charge < -0.3 is 15.0 Å². The fraction of sp³-hybridized carbons (Fsp3) is 0.222. The van der Waals surface area contributed by atoms with Gasteiger partial charge >= 0.3 is 6.36 Å². The molecule has 0 spiro atoms. The highest BCUT2D eigenvalue weighted by Crippen LogP contribution is 2.22. The summed E-state index contributed by atoms with van der Waals surface area (Å²) in [6, 6.07) is 11.4. The van der Waals surface area contributed by atoms with Crippen molar-refractivity contribution in [3.05, 3.63) is 65.2 Å². The van der Waals surface area contributed by atoms with Gasteiger partial charge in [-0.1, -0.05) is 12.1 Å². The predicted octanol–water partition coefficient (Wildman–Crippen LogP) is 3.22. The molecule has 0 bridgehead atoms. The van der Waals surface area contributed by atoms with Crippen LogP contribution in [-0.2, 0) is 6.54 Å². The van der Waals surface area contributed by atoms with Crippen molar-refractivity contribution in [2.24, 2.45) is 0 Å². The Kier molecular flexibility index (Phi) is 5.86. The summed E-state index contributed by atoms with van der Waals surface area (Å²) in [4.78, 5) is 25.3. The minimum absolute atomic E-state index is 0.123. The van der Waals surface area contributed by atoms with E-state index in [9.17, 15) is 22.8 Å². The van der Waals surface area contributed by atoms with Crippen LogP contribution >= 0.6 is 0 Å². The first-order valence-corrected chi connectivity index (χ1v) is 7.60. The van der Waals surface area contributed by atoms with Gasteiger partial charge in [-0.2, -0.15) is 0 Å². The minimum atomic E-state index is -4.77. The highest BCUT2D eigenvalue weighted by Gasteiger charge is 2.31. The Labute approximate surface area is 148 Å². The predicted molar refractivity (Wildman–Crippen MR) is 88.8 cm³/mol. The second-order valence-electron chi connectivity index (χ2n) is 5.65. The van der Waals surface area contributed by atoms with Crippen LogP contribution < -0.4 is 10.1 Å². The number of alkyl halides is 3. The third-order valence-corrected chi connectivity index (χ3v) is 3.41. The number of hydrogen-bond donors (Lipinski definition) is 1. The van der Waals surface area contributed by atoms with Crippen molar-refractivity contribution in [2.45, 2.75) is 12.9 Å². The molecule has 0 heterocycles. The third-order valence-electron chi connectivity index (χ3n) is 3.41. The molecule has 0 unspecified atom stereocenters. The van der Waals surface area contributed by atoms with E-state index in [-0.39, 0.29) is 18.0 Å². The van der Waals surface area contributed by atoms with E-state index in [4.69, 9.17) is 0 Å². The van der Waals surface area contributed by atoms with Gasteiger partial charge in [-0.3, -0.25) is 9.59 Å². The number of benzene rings is 2. The molecule has 1 N–H and O–H groups in total. The molecule has 0 aliphatic rings. The van der Waals surface area contributed by atoms with Gasteiger partial charge in [0.2, 0.25) is 0 Å². The second-order valence-corrected chi connectivity index (χ2v) is 5.65. The van der Waals surface area contributed by atoms with E-state index < -0.39 is 18.0 Å². The van der Waals surface area contributed by atoms with Gasteiger partial charge in [-0.15, -0.1) is 13.2 Å². The van der Waals surface area contributed by atoms with Crippen molar-refractivity contribution in [1.82, 2.24) is 10.2 Å². The van der Waals surface area contributed by atoms with Crippen LogP contribution in [0.4, 0.5) is 13.2 Å². The number of nitrogens with one attached hydrogen (secondary N) is 1. The van der Waals surface area contributed by atoms with Gasteiger partial charge in [-0.25, -0.2) is 0 Å². The van der Waals surface area contributed by atoms with E-state index in [1.165, 1.54) is 17.0 Å². The number of halogens is 3. The molecular formula is C18H17F3N2O3. The lowest BCUT2D eigenvalue weighted by Crippen LogP contribution is -2.23. The Morgan fingerprint density at radius 2 is 1.50 bits per heavy atom. The first-order valence-electron chi connectivity index (χ1n) is 7.60. The molecule has 8 heteroatoms. The van der Waals surface area contributed by atoms with Crippen molar-refractivity contribution in [1.29, 1.82) is 0 Å². The molecule has 5 nitrogen and oxygen atoms in total. The van der Waals surface area contributed by atoms with E-state index >= 15 is 0 Å². The van der Waals surface area contributed by atoms with Crippen LogP contribution in [0.5, 0.6) is 5.75 Å². The Bertz CT molecular complexity index is 770. The van der Waals surface area contributed by atoms with Crippen molar-refractivity contribution in [3.8, 4) is 5.75 Å². The first kappa shape index (κ1) is 19.3. The number of hydrogen-bond acceptors (Lipinski definition) is 3. The molecule has 0 radical (unpaired) electrons. The monoisotopic (exact) mass is 366 g/mol. The lowest BCUT2D eigenvalue weighted by atomic mass is 10.1. The second kappa shape index (κ2) is 7.90. The average molecular weight is 366 g/mol. The van der Waals surface area contributed by atoms with E-state index in [1.807, 2.05) is 0 Å². The number of nitrogens with zero attached hydrogens (tertiary/aromatic N) is 1. The van der Waals surface area contributed by atoms with Crippen molar-refractivity contribution < 1.29 is 27.5 Å². The summed E-state index contributed by atoms with van der Waals surface area (Å²) in [7, 11) is 3.31. The van der Waals surface area contributed by atoms with E-state index in [1.54, 1.807) is 38.4 Å². The third kappa shape index (κ3) is 5.51. The Balaban J connectivity index is 1.93. The van der Waals surface area contributed by atoms with E-state index in [0.29, 0.717) is 5.56 Å². The minimum Gasteiger partial charge on any atom is -0.406 e. The van der Waals surface area contributed by atoms with Gasteiger partial charge in [0.15, 0.2) is 0 Å². The molecule has 0 aromatic heterocycles. The van der Waals surface area contributed by atoms with Crippen LogP contribution in [0.15, 0.2) is 48.5 Å². The number of amides is 2. The average Bonchev–Trinajstić information content (AvgIpc) is 2.58. The Hall–Kier alpha value is -3.03. The first-order chi connectivity index (χ1) is 12.2. The van der Waals surface area contributed by atoms with Gasteiger partial charge in [0.25, 0.3) is 11.8 Å². The summed E-state index contributed by atoms with van der Waals surface area (Å²) < 4.78 is 40.1. The highest BCUT2D eigenvalue weighted by molar-refractivity contribution is 5.94. The standard InChI is InChI=1S/C18H17F3N2O3/c1-23(2)17(25)14-5-3-12(4-6-14)11-22-16(24)13-7-9-15(10-8-13)26-18(19,20)21/h3-10H,11H2,1-2H3,(H,22,24). The van der Waals surface area contributed by atoms with Crippen molar-refractivity contribution in [3.63, 3.8) is 0 Å².